The Labute approximate surface area is 91.1 Å². The van der Waals surface area contributed by atoms with Crippen molar-refractivity contribution < 1.29 is 20.9 Å². The molecule has 0 saturated carbocycles. The standard InChI is InChI=1S/C4H9N.2C3H7.Nb/c1-4(2,3)5;2*1-3-2;/h1-3H3;2*3H,1-2H3;/q;2*-1;. The van der Waals surface area contributed by atoms with Crippen LogP contribution in [-0.4, -0.2) is 5.54 Å². The fourth-order valence-electron chi connectivity index (χ4n) is 0. The Balaban J connectivity index is -0.000000115. The number of hydrogen-bond donors (Lipinski definition) is 0. The summed E-state index contributed by atoms with van der Waals surface area (Å²) in [5, 5.41) is 0. The van der Waals surface area contributed by atoms with Crippen LogP contribution < -0.4 is 0 Å². The van der Waals surface area contributed by atoms with Crippen LogP contribution in [0, 0.1) is 12.8 Å². The van der Waals surface area contributed by atoms with Gasteiger partial charge in [-0.3, -0.25) is 0 Å². The maximum Gasteiger partial charge on any atom is -0.192 e. The summed E-state index contributed by atoms with van der Waals surface area (Å²) in [6, 6.07) is 0. The van der Waals surface area contributed by atoms with Crippen LogP contribution in [0.25, 0.3) is 0 Å². The van der Waals surface area contributed by atoms with E-state index in [0.29, 0.717) is 0 Å². The molecule has 0 aromatic rings. The number of rotatable bonds is 0. The van der Waals surface area contributed by atoms with Gasteiger partial charge >= 0.3 is 50.5 Å². The van der Waals surface area contributed by atoms with Crippen LogP contribution in [-0.2, 0) is 20.9 Å². The first-order valence-corrected chi connectivity index (χ1v) is 5.22. The first-order valence-electron chi connectivity index (χ1n) is 4.23. The van der Waals surface area contributed by atoms with E-state index in [1.165, 1.54) is 20.9 Å². The fourth-order valence-corrected chi connectivity index (χ4v) is 0. The Kier molecular flexibility index (Phi) is 21.5. The molecule has 0 rings (SSSR count). The molecular formula is C10H23NNb-2. The Morgan fingerprint density at radius 1 is 0.917 bits per heavy atom. The third-order valence-corrected chi connectivity index (χ3v) is 1.77. The topological polar surface area (TPSA) is 12.4 Å². The minimum Gasteiger partial charge on any atom is -0.335 e. The Morgan fingerprint density at radius 2 is 1.00 bits per heavy atom. The van der Waals surface area contributed by atoms with E-state index >= 15 is 0 Å². The van der Waals surface area contributed by atoms with E-state index in [0.717, 1.165) is 0 Å². The molecule has 0 heterocycles. The Hall–Kier alpha value is 0.540. The van der Waals surface area contributed by atoms with Gasteiger partial charge in [-0.05, 0) is 0 Å². The molecule has 0 aromatic heterocycles. The van der Waals surface area contributed by atoms with Gasteiger partial charge in [0.15, 0.2) is 0 Å². The van der Waals surface area contributed by atoms with Crippen molar-refractivity contribution in [3.63, 3.8) is 0 Å². The van der Waals surface area contributed by atoms with E-state index in [1.54, 1.807) is 0 Å². The molecule has 0 aliphatic rings. The molecule has 0 atom stereocenters. The summed E-state index contributed by atoms with van der Waals surface area (Å²) in [6.07, 6.45) is 4.00. The summed E-state index contributed by atoms with van der Waals surface area (Å²) in [4.78, 5) is 0. The quantitative estimate of drug-likeness (QED) is 0.455. The van der Waals surface area contributed by atoms with E-state index in [-0.39, 0.29) is 5.54 Å². The van der Waals surface area contributed by atoms with E-state index in [2.05, 4.69) is 24.1 Å². The SMILES string of the molecule is CC(C)(C)[N]=[Nb].C[CH-]C.C[CH-]C. The van der Waals surface area contributed by atoms with Crippen molar-refractivity contribution in [3.8, 4) is 0 Å². The molecule has 2 heteroatoms. The zero-order valence-electron chi connectivity index (χ0n) is 9.55. The maximum absolute atomic E-state index is 4.07. The monoisotopic (exact) mass is 250 g/mol. The van der Waals surface area contributed by atoms with Gasteiger partial charge < -0.3 is 12.8 Å². The molecule has 75 valence electrons. The molecule has 0 aliphatic heterocycles. The number of nitrogens with zero attached hydrogens (tertiary/aromatic N) is 1. The minimum absolute atomic E-state index is 0.189. The molecule has 0 N–H and O–H groups in total. The van der Waals surface area contributed by atoms with Crippen molar-refractivity contribution in [2.45, 2.75) is 54.0 Å². The average Bonchev–Trinajstić information content (AvgIpc) is 1.90. The van der Waals surface area contributed by atoms with Gasteiger partial charge in [-0.15, -0.1) is 0 Å². The molecule has 0 bridgehead atoms. The van der Waals surface area contributed by atoms with Crippen molar-refractivity contribution >= 4 is 0 Å². The van der Waals surface area contributed by atoms with E-state index in [4.69, 9.17) is 0 Å². The predicted octanol–water partition coefficient (Wildman–Crippen LogP) is 3.98. The van der Waals surface area contributed by atoms with Gasteiger partial charge in [-0.2, -0.15) is 27.7 Å². The van der Waals surface area contributed by atoms with Crippen LogP contribution >= 0.6 is 0 Å². The smallest absolute Gasteiger partial charge is 0.192 e. The second-order valence-corrected chi connectivity index (χ2v) is 3.92. The molecule has 0 spiro atoms. The zero-order valence-corrected chi connectivity index (χ0v) is 11.7. The van der Waals surface area contributed by atoms with Crippen LogP contribution in [0.2, 0.25) is 0 Å². The van der Waals surface area contributed by atoms with E-state index < -0.39 is 0 Å². The van der Waals surface area contributed by atoms with Crippen LogP contribution in [0.3, 0.4) is 0 Å². The normalized spacial score (nSPS) is 8.50. The average molecular weight is 250 g/mol. The van der Waals surface area contributed by atoms with Crippen molar-refractivity contribution in [1.82, 2.24) is 0 Å². The van der Waals surface area contributed by atoms with Crippen molar-refractivity contribution in [2.75, 3.05) is 0 Å². The first-order chi connectivity index (χ1) is 5.39. The summed E-state index contributed by atoms with van der Waals surface area (Å²) < 4.78 is 4.07. The molecule has 0 amide bonds. The molecule has 0 radical (unpaired) electrons. The molecule has 0 unspecified atom stereocenters. The van der Waals surface area contributed by atoms with Crippen molar-refractivity contribution in [3.05, 3.63) is 12.8 Å². The van der Waals surface area contributed by atoms with Gasteiger partial charge in [0.2, 0.25) is 0 Å². The third-order valence-electron chi connectivity index (χ3n) is 0.300. The van der Waals surface area contributed by atoms with Crippen molar-refractivity contribution in [1.29, 1.82) is 0 Å². The molecule has 0 aliphatic carbocycles. The molecular weight excluding hydrogens is 227 g/mol. The van der Waals surface area contributed by atoms with Gasteiger partial charge in [-0.25, -0.2) is 0 Å². The molecule has 1 nitrogen and oxygen atoms in total. The largest absolute Gasteiger partial charge is 0.335 e. The molecule has 0 fully saturated rings. The Bertz CT molecular complexity index is 72.4. The van der Waals surface area contributed by atoms with Crippen LogP contribution in [0.15, 0.2) is 3.34 Å². The summed E-state index contributed by atoms with van der Waals surface area (Å²) in [7, 11) is 0. The molecule has 0 saturated heterocycles. The van der Waals surface area contributed by atoms with E-state index in [9.17, 15) is 0 Å². The molecule has 0 aromatic carbocycles. The summed E-state index contributed by atoms with van der Waals surface area (Å²) in [5.74, 6) is 0. The minimum atomic E-state index is 0.189. The van der Waals surface area contributed by atoms with Gasteiger partial charge in [0.25, 0.3) is 0 Å². The van der Waals surface area contributed by atoms with Crippen LogP contribution in [0.4, 0.5) is 0 Å². The molecule has 12 heavy (non-hydrogen) atoms. The summed E-state index contributed by atoms with van der Waals surface area (Å²) in [6.45, 7) is 14.3. The summed E-state index contributed by atoms with van der Waals surface area (Å²) >= 11 is 1.52. The second-order valence-electron chi connectivity index (χ2n) is 3.43. The predicted molar refractivity (Wildman–Crippen MR) is 53.5 cm³/mol. The van der Waals surface area contributed by atoms with Gasteiger partial charge in [0, 0.05) is 0 Å². The first kappa shape index (κ1) is 18.3. The van der Waals surface area contributed by atoms with E-state index in [1.807, 2.05) is 40.5 Å². The van der Waals surface area contributed by atoms with Gasteiger partial charge in [0.1, 0.15) is 0 Å². The van der Waals surface area contributed by atoms with Crippen molar-refractivity contribution in [2.24, 2.45) is 3.34 Å². The maximum atomic E-state index is 4.07. The Morgan fingerprint density at radius 3 is 1.00 bits per heavy atom. The van der Waals surface area contributed by atoms with Gasteiger partial charge in [0.05, 0.1) is 0 Å². The number of hydrogen-bond acceptors (Lipinski definition) is 1. The second kappa shape index (κ2) is 14.1. The van der Waals surface area contributed by atoms with Crippen LogP contribution in [0.1, 0.15) is 48.5 Å². The van der Waals surface area contributed by atoms with Crippen LogP contribution in [0.5, 0.6) is 0 Å². The zero-order chi connectivity index (χ0) is 10.6. The third kappa shape index (κ3) is 76.5. The van der Waals surface area contributed by atoms with Gasteiger partial charge in [-0.1, -0.05) is 0 Å². The summed E-state index contributed by atoms with van der Waals surface area (Å²) in [5.41, 5.74) is 0.189. The fraction of sp³-hybridized carbons (Fsp3) is 0.800.